The molecule has 2 N–H and O–H groups in total. The maximum atomic E-state index is 8.82. The minimum atomic E-state index is 0.317. The monoisotopic (exact) mass is 276 g/mol. The van der Waals surface area contributed by atoms with E-state index in [9.17, 15) is 0 Å². The Labute approximate surface area is 120 Å². The van der Waals surface area contributed by atoms with Crippen molar-refractivity contribution >= 4 is 0 Å². The molecule has 3 rings (SSSR count). The number of hydrogen-bond acceptors (Lipinski definition) is 4. The maximum Gasteiger partial charge on any atom is 0.137 e. The SMILES string of the molecule is OCCCC[C@@H]1C[C@@H]1c1cncc(OC[C@@H]2CCN2)c1. The Morgan fingerprint density at radius 3 is 3.00 bits per heavy atom. The molecule has 1 aliphatic carbocycles. The molecule has 1 aromatic rings. The fourth-order valence-corrected chi connectivity index (χ4v) is 2.90. The van der Waals surface area contributed by atoms with Gasteiger partial charge in [-0.05, 0) is 55.7 Å². The zero-order valence-electron chi connectivity index (χ0n) is 11.9. The van der Waals surface area contributed by atoms with Gasteiger partial charge in [-0.1, -0.05) is 6.42 Å². The molecule has 1 saturated heterocycles. The Bertz CT molecular complexity index is 434. The predicted octanol–water partition coefficient (Wildman–Crippen LogP) is 2.09. The molecule has 1 aliphatic heterocycles. The number of nitrogens with one attached hydrogen (secondary N) is 1. The molecule has 110 valence electrons. The smallest absolute Gasteiger partial charge is 0.137 e. The third-order valence-corrected chi connectivity index (χ3v) is 4.45. The Kier molecular flexibility index (Phi) is 4.53. The van der Waals surface area contributed by atoms with Gasteiger partial charge in [-0.25, -0.2) is 0 Å². The Morgan fingerprint density at radius 1 is 1.35 bits per heavy atom. The standard InChI is InChI=1S/C16H24N2O2/c19-6-2-1-3-12-8-16(12)13-7-15(10-17-9-13)20-11-14-4-5-18-14/h7,9-10,12,14,16,18-19H,1-6,8,11H2/t12-,14+,16+/m1/s1. The molecule has 0 radical (unpaired) electrons. The van der Waals surface area contributed by atoms with E-state index in [1.807, 2.05) is 12.4 Å². The summed E-state index contributed by atoms with van der Waals surface area (Å²) in [5.41, 5.74) is 1.32. The number of rotatable bonds is 8. The summed E-state index contributed by atoms with van der Waals surface area (Å²) in [7, 11) is 0. The van der Waals surface area contributed by atoms with Crippen LogP contribution in [0.5, 0.6) is 5.75 Å². The highest BCUT2D eigenvalue weighted by atomic mass is 16.5. The summed E-state index contributed by atoms with van der Waals surface area (Å²) in [6, 6.07) is 2.67. The van der Waals surface area contributed by atoms with Crippen molar-refractivity contribution in [2.24, 2.45) is 5.92 Å². The van der Waals surface area contributed by atoms with Gasteiger partial charge in [0.1, 0.15) is 12.4 Å². The average Bonchev–Trinajstić information content (AvgIpc) is 3.17. The third kappa shape index (κ3) is 3.49. The minimum absolute atomic E-state index is 0.317. The molecular formula is C16H24N2O2. The van der Waals surface area contributed by atoms with E-state index in [2.05, 4.69) is 16.4 Å². The van der Waals surface area contributed by atoms with Crippen molar-refractivity contribution in [1.82, 2.24) is 10.3 Å². The second kappa shape index (κ2) is 6.55. The number of pyridine rings is 1. The van der Waals surface area contributed by atoms with Crippen LogP contribution in [-0.2, 0) is 0 Å². The molecule has 0 amide bonds. The van der Waals surface area contributed by atoms with E-state index in [4.69, 9.17) is 9.84 Å². The summed E-state index contributed by atoms with van der Waals surface area (Å²) >= 11 is 0. The normalized spacial score (nSPS) is 27.9. The van der Waals surface area contributed by atoms with E-state index < -0.39 is 0 Å². The number of hydrogen-bond donors (Lipinski definition) is 2. The number of aliphatic hydroxyl groups is 1. The summed E-state index contributed by atoms with van der Waals surface area (Å²) in [6.07, 6.45) is 9.55. The number of aliphatic hydroxyl groups excluding tert-OH is 1. The lowest BCUT2D eigenvalue weighted by Crippen LogP contribution is -2.46. The topological polar surface area (TPSA) is 54.4 Å². The highest BCUT2D eigenvalue weighted by Crippen LogP contribution is 2.50. The van der Waals surface area contributed by atoms with Crippen molar-refractivity contribution in [2.45, 2.75) is 44.1 Å². The molecule has 0 spiro atoms. The lowest BCUT2D eigenvalue weighted by molar-refractivity contribution is 0.217. The van der Waals surface area contributed by atoms with Crippen LogP contribution in [-0.4, -0.2) is 35.9 Å². The molecule has 0 aromatic carbocycles. The molecule has 1 aromatic heterocycles. The first kappa shape index (κ1) is 13.8. The quantitative estimate of drug-likeness (QED) is 0.714. The number of nitrogens with zero attached hydrogens (tertiary/aromatic N) is 1. The molecule has 20 heavy (non-hydrogen) atoms. The van der Waals surface area contributed by atoms with Gasteiger partial charge in [0.2, 0.25) is 0 Å². The van der Waals surface area contributed by atoms with Crippen molar-refractivity contribution in [3.8, 4) is 5.75 Å². The van der Waals surface area contributed by atoms with E-state index in [1.54, 1.807) is 0 Å². The van der Waals surface area contributed by atoms with Crippen molar-refractivity contribution in [1.29, 1.82) is 0 Å². The molecular weight excluding hydrogens is 252 g/mol. The molecule has 4 heteroatoms. The summed E-state index contributed by atoms with van der Waals surface area (Å²) in [5.74, 6) is 2.34. The summed E-state index contributed by atoms with van der Waals surface area (Å²) in [4.78, 5) is 4.31. The minimum Gasteiger partial charge on any atom is -0.490 e. The van der Waals surface area contributed by atoms with Crippen LogP contribution in [0.4, 0.5) is 0 Å². The summed E-state index contributed by atoms with van der Waals surface area (Å²) in [5, 5.41) is 12.2. The van der Waals surface area contributed by atoms with Gasteiger partial charge in [0.25, 0.3) is 0 Å². The summed E-state index contributed by atoms with van der Waals surface area (Å²) < 4.78 is 5.80. The molecule has 4 nitrogen and oxygen atoms in total. The Morgan fingerprint density at radius 2 is 2.25 bits per heavy atom. The Hall–Kier alpha value is -1.13. The van der Waals surface area contributed by atoms with Gasteiger partial charge in [-0.3, -0.25) is 4.98 Å². The van der Waals surface area contributed by atoms with Crippen molar-refractivity contribution in [3.05, 3.63) is 24.0 Å². The van der Waals surface area contributed by atoms with Gasteiger partial charge < -0.3 is 15.2 Å². The van der Waals surface area contributed by atoms with Gasteiger partial charge in [-0.2, -0.15) is 0 Å². The molecule has 2 heterocycles. The third-order valence-electron chi connectivity index (χ3n) is 4.45. The second-order valence-corrected chi connectivity index (χ2v) is 6.03. The van der Waals surface area contributed by atoms with Gasteiger partial charge in [-0.15, -0.1) is 0 Å². The average molecular weight is 276 g/mol. The number of aromatic nitrogens is 1. The van der Waals surface area contributed by atoms with E-state index >= 15 is 0 Å². The molecule has 0 unspecified atom stereocenters. The van der Waals surface area contributed by atoms with Gasteiger partial charge >= 0.3 is 0 Å². The molecule has 0 bridgehead atoms. The highest BCUT2D eigenvalue weighted by Gasteiger charge is 2.37. The summed E-state index contributed by atoms with van der Waals surface area (Å²) in [6.45, 7) is 2.18. The van der Waals surface area contributed by atoms with Crippen LogP contribution < -0.4 is 10.1 Å². The lowest BCUT2D eigenvalue weighted by Gasteiger charge is -2.27. The van der Waals surface area contributed by atoms with Gasteiger partial charge in [0.05, 0.1) is 6.20 Å². The van der Waals surface area contributed by atoms with Crippen LogP contribution in [0.25, 0.3) is 0 Å². The zero-order chi connectivity index (χ0) is 13.8. The van der Waals surface area contributed by atoms with Crippen molar-refractivity contribution < 1.29 is 9.84 Å². The van der Waals surface area contributed by atoms with Crippen LogP contribution in [0.1, 0.15) is 43.6 Å². The van der Waals surface area contributed by atoms with Gasteiger partial charge in [0.15, 0.2) is 0 Å². The fraction of sp³-hybridized carbons (Fsp3) is 0.688. The van der Waals surface area contributed by atoms with Crippen LogP contribution in [0, 0.1) is 5.92 Å². The van der Waals surface area contributed by atoms with Crippen molar-refractivity contribution in [3.63, 3.8) is 0 Å². The van der Waals surface area contributed by atoms with Crippen LogP contribution in [0.15, 0.2) is 18.5 Å². The van der Waals surface area contributed by atoms with Crippen LogP contribution in [0.3, 0.4) is 0 Å². The maximum absolute atomic E-state index is 8.82. The van der Waals surface area contributed by atoms with E-state index in [1.165, 1.54) is 24.8 Å². The van der Waals surface area contributed by atoms with Crippen LogP contribution >= 0.6 is 0 Å². The van der Waals surface area contributed by atoms with Crippen LogP contribution in [0.2, 0.25) is 0 Å². The Balaban J connectivity index is 1.47. The first-order chi connectivity index (χ1) is 9.86. The fourth-order valence-electron chi connectivity index (χ4n) is 2.90. The van der Waals surface area contributed by atoms with Gasteiger partial charge in [0, 0.05) is 18.8 Å². The molecule has 2 aliphatic rings. The molecule has 2 fully saturated rings. The number of ether oxygens (including phenoxy) is 1. The predicted molar refractivity (Wildman–Crippen MR) is 77.9 cm³/mol. The number of unbranched alkanes of at least 4 members (excludes halogenated alkanes) is 1. The van der Waals surface area contributed by atoms with E-state index in [0.29, 0.717) is 18.6 Å². The zero-order valence-corrected chi connectivity index (χ0v) is 11.9. The molecule has 1 saturated carbocycles. The van der Waals surface area contributed by atoms with E-state index in [0.717, 1.165) is 37.7 Å². The van der Waals surface area contributed by atoms with Crippen molar-refractivity contribution in [2.75, 3.05) is 19.8 Å². The lowest BCUT2D eigenvalue weighted by atomic mass is 10.1. The largest absolute Gasteiger partial charge is 0.490 e. The first-order valence-corrected chi connectivity index (χ1v) is 7.79. The first-order valence-electron chi connectivity index (χ1n) is 7.79. The molecule has 3 atom stereocenters. The van der Waals surface area contributed by atoms with E-state index in [-0.39, 0.29) is 0 Å². The highest BCUT2D eigenvalue weighted by molar-refractivity contribution is 5.30. The second-order valence-electron chi connectivity index (χ2n) is 6.03.